The number of alkyl halides is 4. The summed E-state index contributed by atoms with van der Waals surface area (Å²) in [5, 5.41) is 2.86. The fourth-order valence-corrected chi connectivity index (χ4v) is 2.89. The highest BCUT2D eigenvalue weighted by Gasteiger charge is 2.21. The van der Waals surface area contributed by atoms with E-state index >= 15 is 0 Å². The van der Waals surface area contributed by atoms with Gasteiger partial charge < -0.3 is 0 Å². The SMILES string of the molecule is BrCC(Br)(CBr)CBr. The van der Waals surface area contributed by atoms with E-state index in [9.17, 15) is 0 Å². The van der Waals surface area contributed by atoms with Crippen LogP contribution in [-0.2, 0) is 0 Å². The molecule has 0 radical (unpaired) electrons. The van der Waals surface area contributed by atoms with Gasteiger partial charge in [-0.2, -0.15) is 0 Å². The van der Waals surface area contributed by atoms with Crippen molar-refractivity contribution >= 4 is 63.7 Å². The molecule has 0 heterocycles. The highest BCUT2D eigenvalue weighted by atomic mass is 79.9. The Hall–Kier alpha value is 1.92. The van der Waals surface area contributed by atoms with Crippen LogP contribution in [0, 0.1) is 0 Å². The lowest BCUT2D eigenvalue weighted by molar-refractivity contribution is 0.887. The molecule has 0 amide bonds. The zero-order valence-corrected chi connectivity index (χ0v) is 10.5. The van der Waals surface area contributed by atoms with Gasteiger partial charge in [0.2, 0.25) is 0 Å². The highest BCUT2D eigenvalue weighted by Crippen LogP contribution is 2.25. The predicted octanol–water partition coefficient (Wildman–Crippen LogP) is 3.30. The Morgan fingerprint density at radius 1 is 0.875 bits per heavy atom. The molecule has 0 aromatic heterocycles. The van der Waals surface area contributed by atoms with Crippen molar-refractivity contribution in [3.8, 4) is 0 Å². The van der Waals surface area contributed by atoms with Crippen LogP contribution < -0.4 is 0 Å². The second-order valence-corrected chi connectivity index (χ2v) is 4.92. The van der Waals surface area contributed by atoms with Gasteiger partial charge in [-0.1, -0.05) is 63.7 Å². The topological polar surface area (TPSA) is 0 Å². The smallest absolute Gasteiger partial charge is 0.0547 e. The van der Waals surface area contributed by atoms with Crippen LogP contribution in [0.15, 0.2) is 0 Å². The van der Waals surface area contributed by atoms with Gasteiger partial charge in [-0.05, 0) is 0 Å². The van der Waals surface area contributed by atoms with Gasteiger partial charge in [0, 0.05) is 16.0 Å². The number of hydrogen-bond acceptors (Lipinski definition) is 0. The normalized spacial score (nSPS) is 12.0. The van der Waals surface area contributed by atoms with Crippen LogP contribution in [0.3, 0.4) is 0 Å². The van der Waals surface area contributed by atoms with E-state index in [1.54, 1.807) is 0 Å². The van der Waals surface area contributed by atoms with E-state index in [0.29, 0.717) is 0 Å². The van der Waals surface area contributed by atoms with Crippen LogP contribution in [0.5, 0.6) is 0 Å². The first-order valence-corrected chi connectivity index (χ1v) is 6.21. The Morgan fingerprint density at radius 2 is 1.12 bits per heavy atom. The Labute approximate surface area is 83.3 Å². The predicted molar refractivity (Wildman–Crippen MR) is 53.0 cm³/mol. The summed E-state index contributed by atoms with van der Waals surface area (Å²) >= 11 is 13.7. The van der Waals surface area contributed by atoms with Crippen molar-refractivity contribution in [1.29, 1.82) is 0 Å². The van der Waals surface area contributed by atoms with Crippen molar-refractivity contribution in [2.45, 2.75) is 4.32 Å². The average molecular weight is 374 g/mol. The molecule has 4 heteroatoms. The van der Waals surface area contributed by atoms with Crippen molar-refractivity contribution < 1.29 is 0 Å². The number of hydrogen-bond donors (Lipinski definition) is 0. The number of halogens is 4. The Kier molecular flexibility index (Phi) is 5.82. The van der Waals surface area contributed by atoms with Gasteiger partial charge in [-0.3, -0.25) is 0 Å². The third-order valence-electron chi connectivity index (χ3n) is 0.718. The van der Waals surface area contributed by atoms with Crippen LogP contribution in [0.2, 0.25) is 0 Å². The minimum atomic E-state index is 0.188. The Morgan fingerprint density at radius 3 is 1.12 bits per heavy atom. The van der Waals surface area contributed by atoms with Crippen molar-refractivity contribution in [3.63, 3.8) is 0 Å². The summed E-state index contributed by atoms with van der Waals surface area (Å²) in [5.74, 6) is 0. The maximum atomic E-state index is 3.54. The average Bonchev–Trinajstić information content (AvgIpc) is 1.87. The lowest BCUT2D eigenvalue weighted by Crippen LogP contribution is -2.26. The summed E-state index contributed by atoms with van der Waals surface area (Å²) in [5.41, 5.74) is 0. The van der Waals surface area contributed by atoms with Gasteiger partial charge in [-0.25, -0.2) is 0 Å². The van der Waals surface area contributed by atoms with Crippen LogP contribution >= 0.6 is 63.7 Å². The summed E-state index contributed by atoms with van der Waals surface area (Å²) < 4.78 is 0.188. The lowest BCUT2D eigenvalue weighted by atomic mass is 10.3. The molecule has 50 valence electrons. The molecule has 0 fully saturated rings. The van der Waals surface area contributed by atoms with E-state index in [-0.39, 0.29) is 4.32 Å². The monoisotopic (exact) mass is 370 g/mol. The second-order valence-electron chi connectivity index (χ2n) is 1.55. The summed E-state index contributed by atoms with van der Waals surface area (Å²) in [6, 6.07) is 0. The molecule has 0 N–H and O–H groups in total. The largest absolute Gasteiger partial charge is 0.0912 e. The first-order chi connectivity index (χ1) is 3.68. The van der Waals surface area contributed by atoms with Crippen molar-refractivity contribution in [3.05, 3.63) is 0 Å². The Balaban J connectivity index is 3.58. The summed E-state index contributed by atoms with van der Waals surface area (Å²) in [4.78, 5) is 0. The second kappa shape index (κ2) is 4.69. The molecule has 0 bridgehead atoms. The van der Waals surface area contributed by atoms with E-state index in [4.69, 9.17) is 0 Å². The minimum Gasteiger partial charge on any atom is -0.0912 e. The quantitative estimate of drug-likeness (QED) is 0.666. The molecule has 0 aromatic carbocycles. The van der Waals surface area contributed by atoms with Crippen LogP contribution in [-0.4, -0.2) is 20.3 Å². The zero-order chi connectivity index (χ0) is 6.62. The molecular weight excluding hydrogens is 368 g/mol. The highest BCUT2D eigenvalue weighted by molar-refractivity contribution is 9.15. The molecule has 0 atom stereocenters. The molecule has 0 aliphatic heterocycles. The fraction of sp³-hybridized carbons (Fsp3) is 1.00. The van der Waals surface area contributed by atoms with Gasteiger partial charge >= 0.3 is 0 Å². The zero-order valence-electron chi connectivity index (χ0n) is 4.13. The molecule has 0 nitrogen and oxygen atoms in total. The van der Waals surface area contributed by atoms with Gasteiger partial charge in [0.15, 0.2) is 0 Å². The van der Waals surface area contributed by atoms with Crippen LogP contribution in [0.25, 0.3) is 0 Å². The molecule has 0 aromatic rings. The van der Waals surface area contributed by atoms with Crippen molar-refractivity contribution in [2.75, 3.05) is 16.0 Å². The standard InChI is InChI=1S/C4H6Br4/c5-1-4(8,2-6)3-7/h1-3H2. The van der Waals surface area contributed by atoms with Gasteiger partial charge in [0.05, 0.1) is 4.32 Å². The fourth-order valence-electron chi connectivity index (χ4n) is 0.107. The van der Waals surface area contributed by atoms with Crippen LogP contribution in [0.4, 0.5) is 0 Å². The summed E-state index contributed by atoms with van der Waals surface area (Å²) in [7, 11) is 0. The van der Waals surface area contributed by atoms with Crippen molar-refractivity contribution in [1.82, 2.24) is 0 Å². The Bertz CT molecular complexity index is 50.8. The first-order valence-electron chi connectivity index (χ1n) is 2.05. The molecule has 0 aliphatic carbocycles. The molecule has 0 aliphatic rings. The molecule has 0 saturated heterocycles. The third kappa shape index (κ3) is 3.18. The molecule has 0 unspecified atom stereocenters. The molecule has 8 heavy (non-hydrogen) atoms. The first kappa shape index (κ1) is 9.92. The van der Waals surface area contributed by atoms with E-state index in [0.717, 1.165) is 16.0 Å². The number of rotatable bonds is 3. The third-order valence-corrected chi connectivity index (χ3v) is 7.04. The van der Waals surface area contributed by atoms with E-state index < -0.39 is 0 Å². The van der Waals surface area contributed by atoms with E-state index in [2.05, 4.69) is 63.7 Å². The molecule has 0 saturated carbocycles. The van der Waals surface area contributed by atoms with Gasteiger partial charge in [0.25, 0.3) is 0 Å². The van der Waals surface area contributed by atoms with Gasteiger partial charge in [-0.15, -0.1) is 0 Å². The van der Waals surface area contributed by atoms with Crippen molar-refractivity contribution in [2.24, 2.45) is 0 Å². The molecule has 0 spiro atoms. The minimum absolute atomic E-state index is 0.188. The molecule has 0 rings (SSSR count). The van der Waals surface area contributed by atoms with E-state index in [1.165, 1.54) is 0 Å². The maximum Gasteiger partial charge on any atom is 0.0547 e. The van der Waals surface area contributed by atoms with Gasteiger partial charge in [0.1, 0.15) is 0 Å². The molecular formula is C4H6Br4. The summed E-state index contributed by atoms with van der Waals surface area (Å²) in [6.45, 7) is 0. The summed E-state index contributed by atoms with van der Waals surface area (Å²) in [6.07, 6.45) is 0. The maximum absolute atomic E-state index is 3.54. The van der Waals surface area contributed by atoms with Crippen LogP contribution in [0.1, 0.15) is 0 Å². The lowest BCUT2D eigenvalue weighted by Gasteiger charge is -2.17. The van der Waals surface area contributed by atoms with E-state index in [1.807, 2.05) is 0 Å².